The summed E-state index contributed by atoms with van der Waals surface area (Å²) in [5.41, 5.74) is 0. The number of carbonyl (C=O) groups is 1. The number of nitrogens with one attached hydrogen (secondary N) is 1. The summed E-state index contributed by atoms with van der Waals surface area (Å²) < 4.78 is 11.2. The maximum absolute atomic E-state index is 13.0. The van der Waals surface area contributed by atoms with Crippen molar-refractivity contribution in [3.05, 3.63) is 24.3 Å². The normalized spacial score (nSPS) is 21.1. The summed E-state index contributed by atoms with van der Waals surface area (Å²) in [6.07, 6.45) is 39.3. The van der Waals surface area contributed by atoms with Gasteiger partial charge in [0.05, 0.1) is 25.4 Å². The summed E-state index contributed by atoms with van der Waals surface area (Å²) in [6.45, 7) is 3.77. The Morgan fingerprint density at radius 1 is 0.579 bits per heavy atom. The summed E-state index contributed by atoms with van der Waals surface area (Å²) in [4.78, 5) is 13.0. The molecule has 0 aliphatic carbocycles. The van der Waals surface area contributed by atoms with Crippen LogP contribution in [0, 0.1) is 0 Å². The number of ether oxygens (including phenoxy) is 2. The number of amides is 1. The third kappa shape index (κ3) is 29.5. The lowest BCUT2D eigenvalue weighted by molar-refractivity contribution is -0.302. The van der Waals surface area contributed by atoms with Gasteiger partial charge < -0.3 is 40.3 Å². The fourth-order valence-corrected chi connectivity index (χ4v) is 7.62. The van der Waals surface area contributed by atoms with Crippen LogP contribution < -0.4 is 5.32 Å². The van der Waals surface area contributed by atoms with E-state index in [1.165, 1.54) is 161 Å². The molecule has 0 bridgehead atoms. The maximum atomic E-state index is 13.0. The van der Waals surface area contributed by atoms with Gasteiger partial charge in [-0.1, -0.05) is 192 Å². The lowest BCUT2D eigenvalue weighted by Crippen LogP contribution is -2.60. The zero-order valence-corrected chi connectivity index (χ0v) is 36.9. The number of hydrogen-bond acceptors (Lipinski definition) is 8. The van der Waals surface area contributed by atoms with Crippen molar-refractivity contribution in [3.63, 3.8) is 0 Å². The van der Waals surface area contributed by atoms with Crippen LogP contribution in [0.4, 0.5) is 0 Å². The van der Waals surface area contributed by atoms with Crippen LogP contribution in [-0.4, -0.2) is 87.5 Å². The molecule has 0 aromatic heterocycles. The smallest absolute Gasteiger partial charge is 0.220 e. The first-order valence-corrected chi connectivity index (χ1v) is 24.1. The molecule has 0 spiro atoms. The molecule has 336 valence electrons. The van der Waals surface area contributed by atoms with Crippen molar-refractivity contribution in [3.8, 4) is 0 Å². The number of allylic oxidation sites excluding steroid dienone is 3. The van der Waals surface area contributed by atoms with Gasteiger partial charge in [0.15, 0.2) is 6.29 Å². The Labute approximate surface area is 349 Å². The molecule has 57 heavy (non-hydrogen) atoms. The number of unbranched alkanes of at least 4 members (excludes halogenated alkanes) is 28. The number of aliphatic hydroxyl groups excluding tert-OH is 5. The van der Waals surface area contributed by atoms with Gasteiger partial charge >= 0.3 is 0 Å². The fourth-order valence-electron chi connectivity index (χ4n) is 7.62. The SMILES string of the molecule is CCCCCCCC/C=C\CCCCCCCCCCCCCC(=O)N[C@@H](CO[C@@H]1OC(CO)[C@H](O)[C@H](O)C1O)[C@H](O)/C=C/CCCCCCCCCCCCC. The second-order valence-corrected chi connectivity index (χ2v) is 16.9. The van der Waals surface area contributed by atoms with Gasteiger partial charge in [-0.3, -0.25) is 4.79 Å². The Hall–Kier alpha value is -1.33. The largest absolute Gasteiger partial charge is 0.394 e. The molecule has 1 aliphatic heterocycles. The van der Waals surface area contributed by atoms with Crippen molar-refractivity contribution in [2.45, 2.75) is 262 Å². The van der Waals surface area contributed by atoms with Crippen molar-refractivity contribution in [2.75, 3.05) is 13.2 Å². The predicted molar refractivity (Wildman–Crippen MR) is 235 cm³/mol. The van der Waals surface area contributed by atoms with E-state index in [9.17, 15) is 30.3 Å². The van der Waals surface area contributed by atoms with Crippen LogP contribution in [0.2, 0.25) is 0 Å². The molecular weight excluding hydrogens is 719 g/mol. The molecule has 6 N–H and O–H groups in total. The van der Waals surface area contributed by atoms with Crippen molar-refractivity contribution >= 4 is 5.91 Å². The fraction of sp³-hybridized carbons (Fsp3) is 0.896. The van der Waals surface area contributed by atoms with Crippen LogP contribution in [0.5, 0.6) is 0 Å². The Balaban J connectivity index is 2.29. The topological polar surface area (TPSA) is 149 Å². The third-order valence-corrected chi connectivity index (χ3v) is 11.5. The molecule has 9 heteroatoms. The van der Waals surface area contributed by atoms with Gasteiger partial charge in [-0.2, -0.15) is 0 Å². The molecule has 0 saturated carbocycles. The minimum Gasteiger partial charge on any atom is -0.394 e. The van der Waals surface area contributed by atoms with Gasteiger partial charge in [-0.15, -0.1) is 0 Å². The molecule has 1 aliphatic rings. The van der Waals surface area contributed by atoms with Crippen LogP contribution in [0.3, 0.4) is 0 Å². The second kappa shape index (κ2) is 38.8. The van der Waals surface area contributed by atoms with Crippen LogP contribution >= 0.6 is 0 Å². The molecule has 0 aromatic carbocycles. The molecule has 0 aromatic rings. The maximum Gasteiger partial charge on any atom is 0.220 e. The van der Waals surface area contributed by atoms with E-state index in [0.717, 1.165) is 38.5 Å². The quantitative estimate of drug-likeness (QED) is 0.0265. The zero-order valence-electron chi connectivity index (χ0n) is 36.9. The van der Waals surface area contributed by atoms with E-state index < -0.39 is 49.5 Å². The lowest BCUT2D eigenvalue weighted by Gasteiger charge is -2.40. The van der Waals surface area contributed by atoms with Crippen LogP contribution in [-0.2, 0) is 14.3 Å². The van der Waals surface area contributed by atoms with Crippen molar-refractivity contribution in [1.82, 2.24) is 5.32 Å². The second-order valence-electron chi connectivity index (χ2n) is 16.9. The summed E-state index contributed by atoms with van der Waals surface area (Å²) in [6, 6.07) is -0.801. The minimum atomic E-state index is -1.56. The number of hydrogen-bond donors (Lipinski definition) is 6. The molecule has 1 fully saturated rings. The van der Waals surface area contributed by atoms with Gasteiger partial charge in [-0.25, -0.2) is 0 Å². The van der Waals surface area contributed by atoms with E-state index in [1.807, 2.05) is 6.08 Å². The number of rotatable bonds is 40. The zero-order chi connectivity index (χ0) is 41.6. The van der Waals surface area contributed by atoms with Crippen molar-refractivity contribution in [1.29, 1.82) is 0 Å². The number of carbonyl (C=O) groups excluding carboxylic acids is 1. The van der Waals surface area contributed by atoms with Crippen LogP contribution in [0.1, 0.15) is 219 Å². The summed E-state index contributed by atoms with van der Waals surface area (Å²) in [5.74, 6) is -0.177. The molecular formula is C48H91NO8. The highest BCUT2D eigenvalue weighted by Crippen LogP contribution is 2.23. The lowest BCUT2D eigenvalue weighted by atomic mass is 9.99. The van der Waals surface area contributed by atoms with E-state index in [-0.39, 0.29) is 12.5 Å². The molecule has 1 heterocycles. The van der Waals surface area contributed by atoms with E-state index >= 15 is 0 Å². The highest BCUT2D eigenvalue weighted by atomic mass is 16.7. The van der Waals surface area contributed by atoms with Crippen LogP contribution in [0.25, 0.3) is 0 Å². The highest BCUT2D eigenvalue weighted by Gasteiger charge is 2.44. The molecule has 1 amide bonds. The predicted octanol–water partition coefficient (Wildman–Crippen LogP) is 10.3. The molecule has 9 nitrogen and oxygen atoms in total. The van der Waals surface area contributed by atoms with Gasteiger partial charge in [0, 0.05) is 6.42 Å². The average Bonchev–Trinajstić information content (AvgIpc) is 3.21. The van der Waals surface area contributed by atoms with Gasteiger partial charge in [0.25, 0.3) is 0 Å². The minimum absolute atomic E-state index is 0.177. The molecule has 1 saturated heterocycles. The monoisotopic (exact) mass is 810 g/mol. The van der Waals surface area contributed by atoms with Gasteiger partial charge in [0.2, 0.25) is 5.91 Å². The average molecular weight is 810 g/mol. The molecule has 1 rings (SSSR count). The van der Waals surface area contributed by atoms with E-state index in [1.54, 1.807) is 6.08 Å². The van der Waals surface area contributed by atoms with E-state index in [4.69, 9.17) is 9.47 Å². The summed E-state index contributed by atoms with van der Waals surface area (Å²) in [7, 11) is 0. The Morgan fingerprint density at radius 2 is 0.982 bits per heavy atom. The van der Waals surface area contributed by atoms with E-state index in [0.29, 0.717) is 6.42 Å². The van der Waals surface area contributed by atoms with Crippen molar-refractivity contribution in [2.24, 2.45) is 0 Å². The Kier molecular flexibility index (Phi) is 36.6. The summed E-state index contributed by atoms with van der Waals surface area (Å²) >= 11 is 0. The Bertz CT molecular complexity index is 945. The summed E-state index contributed by atoms with van der Waals surface area (Å²) in [5, 5.41) is 54.2. The Morgan fingerprint density at radius 3 is 1.42 bits per heavy atom. The van der Waals surface area contributed by atoms with Crippen molar-refractivity contribution < 1.29 is 39.8 Å². The van der Waals surface area contributed by atoms with E-state index in [2.05, 4.69) is 31.3 Å². The highest BCUT2D eigenvalue weighted by molar-refractivity contribution is 5.76. The standard InChI is InChI=1S/C48H91NO8/c1-3-5-7-9-11-13-15-17-18-19-20-21-22-23-24-26-28-30-32-34-36-38-44(52)49-41(40-56-48-47(55)46(54)45(53)43(39-50)57-48)42(51)37-35-33-31-29-27-25-16-14-12-10-8-6-4-2/h17-18,35,37,41-43,45-48,50-51,53-55H,3-16,19-34,36,38-40H2,1-2H3,(H,49,52)/b18-17-,37-35+/t41-,42+,43?,45-,46-,47?,48+/m0/s1. The van der Waals surface area contributed by atoms with Crippen LogP contribution in [0.15, 0.2) is 24.3 Å². The molecule has 2 unspecified atom stereocenters. The van der Waals surface area contributed by atoms with Gasteiger partial charge in [0.1, 0.15) is 24.4 Å². The first-order valence-electron chi connectivity index (χ1n) is 24.1. The number of aliphatic hydroxyl groups is 5. The molecule has 0 radical (unpaired) electrons. The van der Waals surface area contributed by atoms with Gasteiger partial charge in [-0.05, 0) is 44.9 Å². The first kappa shape index (κ1) is 53.7. The third-order valence-electron chi connectivity index (χ3n) is 11.5. The molecule has 7 atom stereocenters. The first-order chi connectivity index (χ1) is 27.8.